The molecule has 0 unspecified atom stereocenters. The van der Waals surface area contributed by atoms with Crippen molar-refractivity contribution < 1.29 is 9.53 Å². The van der Waals surface area contributed by atoms with Gasteiger partial charge in [0.15, 0.2) is 5.69 Å². The molecule has 0 saturated carbocycles. The molecule has 5 heteroatoms. The number of rotatable bonds is 5. The summed E-state index contributed by atoms with van der Waals surface area (Å²) in [6.45, 7) is 6.27. The topological polar surface area (TPSA) is 57.0 Å². The second-order valence-corrected chi connectivity index (χ2v) is 4.59. The second kappa shape index (κ2) is 6.32. The van der Waals surface area contributed by atoms with Crippen molar-refractivity contribution in [3.63, 3.8) is 0 Å². The largest absolute Gasteiger partial charge is 0.461 e. The molecule has 0 aliphatic carbocycles. The average Bonchev–Trinajstić information content (AvgIpc) is 2.86. The van der Waals surface area contributed by atoms with Gasteiger partial charge in [0.2, 0.25) is 0 Å². The number of carbonyl (C=O) groups is 1. The van der Waals surface area contributed by atoms with Crippen molar-refractivity contribution in [1.29, 1.82) is 0 Å². The van der Waals surface area contributed by atoms with Crippen LogP contribution < -0.4 is 0 Å². The summed E-state index contributed by atoms with van der Waals surface area (Å²) in [6, 6.07) is 8.04. The molecule has 1 aromatic heterocycles. The zero-order chi connectivity index (χ0) is 14.5. The second-order valence-electron chi connectivity index (χ2n) is 4.59. The summed E-state index contributed by atoms with van der Waals surface area (Å²) in [4.78, 5) is 11.8. The van der Waals surface area contributed by atoms with Crippen molar-refractivity contribution in [2.45, 2.75) is 33.6 Å². The van der Waals surface area contributed by atoms with Gasteiger partial charge in [0.1, 0.15) is 0 Å². The standard InChI is InChI=1S/C15H19N3O2/c1-4-10-20-15(19)14-11(3)18(17-16-14)13-8-6-12(5-2)7-9-13/h6-9H,4-5,10H2,1-3H3. The number of ether oxygens (including phenoxy) is 1. The van der Waals surface area contributed by atoms with Gasteiger partial charge in [-0.3, -0.25) is 0 Å². The highest BCUT2D eigenvalue weighted by Gasteiger charge is 2.18. The van der Waals surface area contributed by atoms with Gasteiger partial charge in [0.05, 0.1) is 18.0 Å². The van der Waals surface area contributed by atoms with Crippen molar-refractivity contribution in [3.05, 3.63) is 41.2 Å². The van der Waals surface area contributed by atoms with E-state index in [1.54, 1.807) is 4.68 Å². The van der Waals surface area contributed by atoms with E-state index in [2.05, 4.69) is 17.2 Å². The molecule has 2 rings (SSSR count). The van der Waals surface area contributed by atoms with Crippen molar-refractivity contribution >= 4 is 5.97 Å². The number of esters is 1. The maximum atomic E-state index is 11.8. The summed E-state index contributed by atoms with van der Waals surface area (Å²) < 4.78 is 6.74. The minimum atomic E-state index is -0.416. The van der Waals surface area contributed by atoms with Crippen LogP contribution in [0.25, 0.3) is 5.69 Å². The third-order valence-electron chi connectivity index (χ3n) is 3.11. The number of hydrogen-bond acceptors (Lipinski definition) is 4. The molecule has 0 fully saturated rings. The lowest BCUT2D eigenvalue weighted by molar-refractivity contribution is 0.0497. The molecule has 0 spiro atoms. The van der Waals surface area contributed by atoms with Gasteiger partial charge in [0, 0.05) is 0 Å². The monoisotopic (exact) mass is 273 g/mol. The van der Waals surface area contributed by atoms with Gasteiger partial charge in [-0.15, -0.1) is 5.10 Å². The normalized spacial score (nSPS) is 10.6. The van der Waals surface area contributed by atoms with E-state index >= 15 is 0 Å². The Morgan fingerprint density at radius 2 is 1.95 bits per heavy atom. The van der Waals surface area contributed by atoms with Crippen LogP contribution in [0, 0.1) is 6.92 Å². The Morgan fingerprint density at radius 3 is 2.55 bits per heavy atom. The number of hydrogen-bond donors (Lipinski definition) is 0. The van der Waals surface area contributed by atoms with Crippen LogP contribution in [0.3, 0.4) is 0 Å². The summed E-state index contributed by atoms with van der Waals surface area (Å²) in [5, 5.41) is 7.96. The van der Waals surface area contributed by atoms with Gasteiger partial charge < -0.3 is 4.74 Å². The van der Waals surface area contributed by atoms with Gasteiger partial charge in [-0.2, -0.15) is 0 Å². The third kappa shape index (κ3) is 2.87. The summed E-state index contributed by atoms with van der Waals surface area (Å²) in [5.41, 5.74) is 3.12. The Morgan fingerprint density at radius 1 is 1.25 bits per heavy atom. The molecular formula is C15H19N3O2. The molecular weight excluding hydrogens is 254 g/mol. The van der Waals surface area contributed by atoms with Crippen LogP contribution in [0.1, 0.15) is 42.0 Å². The maximum absolute atomic E-state index is 11.8. The van der Waals surface area contributed by atoms with Crippen molar-refractivity contribution in [3.8, 4) is 5.69 Å². The first kappa shape index (κ1) is 14.2. The molecule has 2 aromatic rings. The van der Waals surface area contributed by atoms with Gasteiger partial charge >= 0.3 is 5.97 Å². The fourth-order valence-corrected chi connectivity index (χ4v) is 1.90. The molecule has 0 saturated heterocycles. The lowest BCUT2D eigenvalue weighted by Crippen LogP contribution is -2.08. The van der Waals surface area contributed by atoms with Crippen molar-refractivity contribution in [1.82, 2.24) is 15.0 Å². The summed E-state index contributed by atoms with van der Waals surface area (Å²) >= 11 is 0. The lowest BCUT2D eigenvalue weighted by Gasteiger charge is -2.05. The Labute approximate surface area is 118 Å². The van der Waals surface area contributed by atoms with Crippen LogP contribution in [-0.2, 0) is 11.2 Å². The maximum Gasteiger partial charge on any atom is 0.360 e. The Hall–Kier alpha value is -2.17. The van der Waals surface area contributed by atoms with E-state index in [0.717, 1.165) is 18.5 Å². The minimum absolute atomic E-state index is 0.276. The molecule has 0 aliphatic rings. The van der Waals surface area contributed by atoms with E-state index < -0.39 is 5.97 Å². The highest BCUT2D eigenvalue weighted by Crippen LogP contribution is 2.14. The molecule has 1 aromatic carbocycles. The molecule has 5 nitrogen and oxygen atoms in total. The highest BCUT2D eigenvalue weighted by atomic mass is 16.5. The van der Waals surface area contributed by atoms with E-state index in [1.807, 2.05) is 38.1 Å². The molecule has 0 amide bonds. The number of benzene rings is 1. The van der Waals surface area contributed by atoms with Crippen LogP contribution >= 0.6 is 0 Å². The molecule has 0 aliphatic heterocycles. The number of aromatic nitrogens is 3. The highest BCUT2D eigenvalue weighted by molar-refractivity contribution is 5.88. The smallest absolute Gasteiger partial charge is 0.360 e. The van der Waals surface area contributed by atoms with Crippen LogP contribution in [0.5, 0.6) is 0 Å². The summed E-state index contributed by atoms with van der Waals surface area (Å²) in [5.74, 6) is -0.416. The fraction of sp³-hybridized carbons (Fsp3) is 0.400. The minimum Gasteiger partial charge on any atom is -0.461 e. The van der Waals surface area contributed by atoms with E-state index in [9.17, 15) is 4.79 Å². The van der Waals surface area contributed by atoms with E-state index in [1.165, 1.54) is 5.56 Å². The first-order valence-corrected chi connectivity index (χ1v) is 6.86. The van der Waals surface area contributed by atoms with Crippen LogP contribution in [0.15, 0.2) is 24.3 Å². The zero-order valence-corrected chi connectivity index (χ0v) is 12.1. The Kier molecular flexibility index (Phi) is 4.50. The van der Waals surface area contributed by atoms with E-state index in [0.29, 0.717) is 12.3 Å². The van der Waals surface area contributed by atoms with Gasteiger partial charge in [-0.05, 0) is 37.5 Å². The fourth-order valence-electron chi connectivity index (χ4n) is 1.90. The molecule has 0 radical (unpaired) electrons. The van der Waals surface area contributed by atoms with Crippen molar-refractivity contribution in [2.24, 2.45) is 0 Å². The molecule has 1 heterocycles. The number of aryl methyl sites for hydroxylation is 1. The molecule has 0 N–H and O–H groups in total. The predicted octanol–water partition coefficient (Wildman–Crippen LogP) is 2.70. The average molecular weight is 273 g/mol. The van der Waals surface area contributed by atoms with Crippen LogP contribution in [-0.4, -0.2) is 27.6 Å². The van der Waals surface area contributed by atoms with Crippen LogP contribution in [0.4, 0.5) is 0 Å². The van der Waals surface area contributed by atoms with Gasteiger partial charge in [-0.25, -0.2) is 9.48 Å². The first-order chi connectivity index (χ1) is 9.67. The Balaban J connectivity index is 2.25. The quantitative estimate of drug-likeness (QED) is 0.786. The van der Waals surface area contributed by atoms with E-state index in [-0.39, 0.29) is 5.69 Å². The first-order valence-electron chi connectivity index (χ1n) is 6.86. The lowest BCUT2D eigenvalue weighted by atomic mass is 10.1. The van der Waals surface area contributed by atoms with Crippen LogP contribution in [0.2, 0.25) is 0 Å². The SMILES string of the molecule is CCCOC(=O)c1nnn(-c2ccc(CC)cc2)c1C. The third-order valence-corrected chi connectivity index (χ3v) is 3.11. The summed E-state index contributed by atoms with van der Waals surface area (Å²) in [7, 11) is 0. The summed E-state index contributed by atoms with van der Waals surface area (Å²) in [6.07, 6.45) is 1.78. The van der Waals surface area contributed by atoms with Gasteiger partial charge in [0.25, 0.3) is 0 Å². The molecule has 106 valence electrons. The van der Waals surface area contributed by atoms with E-state index in [4.69, 9.17) is 4.74 Å². The predicted molar refractivity (Wildman–Crippen MR) is 76.0 cm³/mol. The number of nitrogens with zero attached hydrogens (tertiary/aromatic N) is 3. The Bertz CT molecular complexity index is 588. The molecule has 20 heavy (non-hydrogen) atoms. The number of carbonyl (C=O) groups excluding carboxylic acids is 1. The zero-order valence-electron chi connectivity index (χ0n) is 12.1. The molecule has 0 atom stereocenters. The molecule has 0 bridgehead atoms. The van der Waals surface area contributed by atoms with Gasteiger partial charge in [-0.1, -0.05) is 31.2 Å². The van der Waals surface area contributed by atoms with Crippen molar-refractivity contribution in [2.75, 3.05) is 6.61 Å².